The second-order valence-corrected chi connectivity index (χ2v) is 4.19. The smallest absolute Gasteiger partial charge is 0.311 e. The molecule has 0 spiro atoms. The first kappa shape index (κ1) is 16.1. The van der Waals surface area contributed by atoms with Crippen molar-refractivity contribution in [3.8, 4) is 0 Å². The van der Waals surface area contributed by atoms with Crippen molar-refractivity contribution in [1.82, 2.24) is 9.88 Å². The van der Waals surface area contributed by atoms with Crippen molar-refractivity contribution in [2.45, 2.75) is 0 Å². The van der Waals surface area contributed by atoms with Crippen LogP contribution in [0.1, 0.15) is 0 Å². The average molecular weight is 284 g/mol. The van der Waals surface area contributed by atoms with Crippen LogP contribution in [0, 0.1) is 10.1 Å². The van der Waals surface area contributed by atoms with E-state index in [1.807, 2.05) is 11.9 Å². The number of likely N-dealkylation sites (N-methyl/N-ethyl adjacent to an activating group) is 1. The topological polar surface area (TPSA) is 119 Å². The summed E-state index contributed by atoms with van der Waals surface area (Å²) in [7, 11) is 3.59. The molecule has 1 aromatic rings. The Morgan fingerprint density at radius 1 is 1.50 bits per heavy atom. The SMILES string of the molecule is COCCN(C)CCNc1nc(NN)ccc1[N+](=O)[O-]. The maximum Gasteiger partial charge on any atom is 0.311 e. The van der Waals surface area contributed by atoms with E-state index in [1.165, 1.54) is 12.1 Å². The molecule has 1 rings (SSSR count). The number of hydrogen-bond donors (Lipinski definition) is 3. The molecule has 0 fully saturated rings. The van der Waals surface area contributed by atoms with Crippen LogP contribution in [-0.4, -0.2) is 55.2 Å². The van der Waals surface area contributed by atoms with Crippen molar-refractivity contribution >= 4 is 17.3 Å². The zero-order valence-corrected chi connectivity index (χ0v) is 11.6. The molecule has 0 aromatic carbocycles. The second-order valence-electron chi connectivity index (χ2n) is 4.19. The highest BCUT2D eigenvalue weighted by Crippen LogP contribution is 2.23. The van der Waals surface area contributed by atoms with E-state index in [2.05, 4.69) is 15.7 Å². The van der Waals surface area contributed by atoms with Gasteiger partial charge in [-0.2, -0.15) is 0 Å². The van der Waals surface area contributed by atoms with Crippen LogP contribution in [0.5, 0.6) is 0 Å². The Hall–Kier alpha value is -1.97. The van der Waals surface area contributed by atoms with Crippen molar-refractivity contribution in [1.29, 1.82) is 0 Å². The number of nitrogen functional groups attached to an aromatic ring is 1. The lowest BCUT2D eigenvalue weighted by Gasteiger charge is -2.16. The van der Waals surface area contributed by atoms with E-state index in [0.717, 1.165) is 6.54 Å². The van der Waals surface area contributed by atoms with Gasteiger partial charge in [-0.3, -0.25) is 10.1 Å². The van der Waals surface area contributed by atoms with Crippen LogP contribution in [0.2, 0.25) is 0 Å². The second kappa shape index (κ2) is 8.25. The molecule has 112 valence electrons. The van der Waals surface area contributed by atoms with E-state index < -0.39 is 4.92 Å². The number of methoxy groups -OCH3 is 1. The first-order valence-electron chi connectivity index (χ1n) is 6.12. The van der Waals surface area contributed by atoms with Gasteiger partial charge in [0.2, 0.25) is 5.82 Å². The summed E-state index contributed by atoms with van der Waals surface area (Å²) in [6, 6.07) is 2.81. The molecule has 0 saturated carbocycles. The lowest BCUT2D eigenvalue weighted by Crippen LogP contribution is -2.28. The minimum Gasteiger partial charge on any atom is -0.383 e. The number of hydrogen-bond acceptors (Lipinski definition) is 8. The van der Waals surface area contributed by atoms with E-state index in [9.17, 15) is 10.1 Å². The Kier molecular flexibility index (Phi) is 6.64. The van der Waals surface area contributed by atoms with Gasteiger partial charge in [0.25, 0.3) is 0 Å². The molecule has 4 N–H and O–H groups in total. The summed E-state index contributed by atoms with van der Waals surface area (Å²) >= 11 is 0. The minimum atomic E-state index is -0.482. The zero-order chi connectivity index (χ0) is 15.0. The predicted octanol–water partition coefficient (Wildman–Crippen LogP) is 0.266. The Balaban J connectivity index is 2.59. The number of aromatic nitrogens is 1. The maximum atomic E-state index is 10.9. The summed E-state index contributed by atoms with van der Waals surface area (Å²) in [5.41, 5.74) is 2.28. The number of nitro groups is 1. The van der Waals surface area contributed by atoms with Gasteiger partial charge in [0, 0.05) is 32.8 Å². The number of anilines is 2. The van der Waals surface area contributed by atoms with Crippen LogP contribution in [-0.2, 0) is 4.74 Å². The van der Waals surface area contributed by atoms with Gasteiger partial charge in [-0.15, -0.1) is 0 Å². The van der Waals surface area contributed by atoms with E-state index >= 15 is 0 Å². The Morgan fingerprint density at radius 3 is 2.85 bits per heavy atom. The van der Waals surface area contributed by atoms with E-state index in [-0.39, 0.29) is 11.5 Å². The summed E-state index contributed by atoms with van der Waals surface area (Å²) in [6.07, 6.45) is 0. The third-order valence-corrected chi connectivity index (χ3v) is 2.68. The molecule has 0 amide bonds. The molecule has 0 atom stereocenters. The minimum absolute atomic E-state index is 0.0801. The van der Waals surface area contributed by atoms with Gasteiger partial charge in [-0.1, -0.05) is 0 Å². The van der Waals surface area contributed by atoms with E-state index in [0.29, 0.717) is 25.5 Å². The fraction of sp³-hybridized carbons (Fsp3) is 0.545. The maximum absolute atomic E-state index is 10.9. The number of pyridine rings is 1. The third kappa shape index (κ3) is 4.96. The van der Waals surface area contributed by atoms with Gasteiger partial charge >= 0.3 is 5.69 Å². The number of nitrogens with one attached hydrogen (secondary N) is 2. The summed E-state index contributed by atoms with van der Waals surface area (Å²) < 4.78 is 4.97. The van der Waals surface area contributed by atoms with Crippen LogP contribution in [0.25, 0.3) is 0 Å². The highest BCUT2D eigenvalue weighted by atomic mass is 16.6. The Morgan fingerprint density at radius 2 is 2.25 bits per heavy atom. The van der Waals surface area contributed by atoms with Crippen molar-refractivity contribution in [2.24, 2.45) is 5.84 Å². The molecule has 9 nitrogen and oxygen atoms in total. The van der Waals surface area contributed by atoms with Gasteiger partial charge in [-0.25, -0.2) is 10.8 Å². The monoisotopic (exact) mass is 284 g/mol. The molecule has 0 bridgehead atoms. The van der Waals surface area contributed by atoms with Crippen LogP contribution in [0.3, 0.4) is 0 Å². The quantitative estimate of drug-likeness (QED) is 0.336. The molecule has 0 aliphatic rings. The molecular formula is C11H20N6O3. The van der Waals surface area contributed by atoms with Crippen molar-refractivity contribution in [3.63, 3.8) is 0 Å². The number of hydrazine groups is 1. The van der Waals surface area contributed by atoms with Crippen LogP contribution >= 0.6 is 0 Å². The first-order valence-corrected chi connectivity index (χ1v) is 6.12. The summed E-state index contributed by atoms with van der Waals surface area (Å²) in [6.45, 7) is 2.67. The average Bonchev–Trinajstić information content (AvgIpc) is 2.44. The number of rotatable bonds is 9. The molecule has 1 heterocycles. The highest BCUT2D eigenvalue weighted by molar-refractivity contribution is 5.59. The molecule has 0 unspecified atom stereocenters. The largest absolute Gasteiger partial charge is 0.383 e. The Labute approximate surface area is 117 Å². The summed E-state index contributed by atoms with van der Waals surface area (Å²) in [4.78, 5) is 16.5. The molecule has 0 aliphatic carbocycles. The van der Waals surface area contributed by atoms with Crippen molar-refractivity contribution in [3.05, 3.63) is 22.2 Å². The molecule has 0 saturated heterocycles. The summed E-state index contributed by atoms with van der Waals surface area (Å²) in [5.74, 6) is 5.81. The zero-order valence-electron chi connectivity index (χ0n) is 11.6. The molecule has 20 heavy (non-hydrogen) atoms. The first-order chi connectivity index (χ1) is 9.58. The fourth-order valence-electron chi connectivity index (χ4n) is 1.53. The van der Waals surface area contributed by atoms with Gasteiger partial charge < -0.3 is 20.4 Å². The number of nitrogens with zero attached hydrogens (tertiary/aromatic N) is 3. The van der Waals surface area contributed by atoms with Crippen LogP contribution in [0.15, 0.2) is 12.1 Å². The van der Waals surface area contributed by atoms with Gasteiger partial charge in [0.15, 0.2) is 0 Å². The standard InChI is InChI=1S/C11H20N6O3/c1-16(7-8-20-2)6-5-13-11-9(17(18)19)3-4-10(14-11)15-12/h3-4H,5-8,12H2,1-2H3,(H2,13,14,15). The molecule has 1 aromatic heterocycles. The molecular weight excluding hydrogens is 264 g/mol. The van der Waals surface area contributed by atoms with Crippen molar-refractivity contribution < 1.29 is 9.66 Å². The van der Waals surface area contributed by atoms with Crippen LogP contribution < -0.4 is 16.6 Å². The van der Waals surface area contributed by atoms with Gasteiger partial charge in [0.05, 0.1) is 11.5 Å². The number of nitrogens with two attached hydrogens (primary N) is 1. The lowest BCUT2D eigenvalue weighted by molar-refractivity contribution is -0.384. The van der Waals surface area contributed by atoms with E-state index in [1.54, 1.807) is 7.11 Å². The van der Waals surface area contributed by atoms with Crippen LogP contribution in [0.4, 0.5) is 17.3 Å². The summed E-state index contributed by atoms with van der Waals surface area (Å²) in [5, 5.41) is 13.9. The van der Waals surface area contributed by atoms with Gasteiger partial charge in [-0.05, 0) is 13.1 Å². The molecule has 0 radical (unpaired) electrons. The Bertz CT molecular complexity index is 442. The van der Waals surface area contributed by atoms with Gasteiger partial charge in [0.1, 0.15) is 5.82 Å². The number of ether oxygens (including phenoxy) is 1. The normalized spacial score (nSPS) is 10.6. The molecule has 0 aliphatic heterocycles. The molecule has 9 heteroatoms. The predicted molar refractivity (Wildman–Crippen MR) is 76.6 cm³/mol. The third-order valence-electron chi connectivity index (χ3n) is 2.68. The highest BCUT2D eigenvalue weighted by Gasteiger charge is 2.15. The lowest BCUT2D eigenvalue weighted by atomic mass is 10.3. The van der Waals surface area contributed by atoms with Crippen molar-refractivity contribution in [2.75, 3.05) is 51.1 Å². The fourth-order valence-corrected chi connectivity index (χ4v) is 1.53. The van der Waals surface area contributed by atoms with E-state index in [4.69, 9.17) is 10.6 Å².